The quantitative estimate of drug-likeness (QED) is 0.603. The van der Waals surface area contributed by atoms with E-state index >= 15 is 0 Å². The molecule has 0 aromatic heterocycles. The summed E-state index contributed by atoms with van der Waals surface area (Å²) in [7, 11) is 0. The summed E-state index contributed by atoms with van der Waals surface area (Å²) in [5.41, 5.74) is 1.29. The van der Waals surface area contributed by atoms with Gasteiger partial charge in [0.05, 0.1) is 71.6 Å². The summed E-state index contributed by atoms with van der Waals surface area (Å²) >= 11 is 0. The van der Waals surface area contributed by atoms with Gasteiger partial charge in [-0.15, -0.1) is 0 Å². The van der Waals surface area contributed by atoms with Crippen molar-refractivity contribution in [3.8, 4) is 11.5 Å². The molecule has 0 radical (unpaired) electrons. The fourth-order valence-corrected chi connectivity index (χ4v) is 3.08. The zero-order chi connectivity index (χ0) is 24.4. The molecule has 0 fully saturated rings. The Balaban J connectivity index is 1.55. The molecule has 1 aliphatic heterocycles. The molecule has 9 heteroatoms. The van der Waals surface area contributed by atoms with Gasteiger partial charge in [-0.3, -0.25) is 0 Å². The summed E-state index contributed by atoms with van der Waals surface area (Å²) < 4.78 is 44.6. The summed E-state index contributed by atoms with van der Waals surface area (Å²) in [6, 6.07) is 14.5. The van der Waals surface area contributed by atoms with Crippen LogP contribution in [0.1, 0.15) is 15.9 Å². The van der Waals surface area contributed by atoms with Gasteiger partial charge in [-0.2, -0.15) is 0 Å². The van der Waals surface area contributed by atoms with Gasteiger partial charge in [-0.1, -0.05) is 30.3 Å². The van der Waals surface area contributed by atoms with Crippen molar-refractivity contribution < 1.29 is 42.7 Å². The van der Waals surface area contributed by atoms with E-state index in [-0.39, 0.29) is 13.2 Å². The van der Waals surface area contributed by atoms with Gasteiger partial charge in [0.15, 0.2) is 11.5 Å². The first kappa shape index (κ1) is 26.9. The Morgan fingerprint density at radius 2 is 1.09 bits per heavy atom. The number of benzene rings is 2. The second-order valence-corrected chi connectivity index (χ2v) is 7.48. The van der Waals surface area contributed by atoms with Crippen LogP contribution in [-0.4, -0.2) is 85.3 Å². The van der Waals surface area contributed by atoms with Crippen LogP contribution in [0.5, 0.6) is 11.5 Å². The Hall–Kier alpha value is -2.69. The van der Waals surface area contributed by atoms with Crippen LogP contribution in [0, 0.1) is 0 Å². The van der Waals surface area contributed by atoms with Gasteiger partial charge in [0.25, 0.3) is 0 Å². The second kappa shape index (κ2) is 16.9. The highest BCUT2D eigenvalue weighted by Crippen LogP contribution is 2.29. The predicted octanol–water partition coefficient (Wildman–Crippen LogP) is 2.90. The molecule has 0 N–H and O–H groups in total. The molecule has 2 aromatic rings. The monoisotopic (exact) mass is 490 g/mol. The maximum Gasteiger partial charge on any atom is 0.338 e. The molecule has 0 aliphatic carbocycles. The van der Waals surface area contributed by atoms with Crippen LogP contribution in [0.2, 0.25) is 0 Å². The Morgan fingerprint density at radius 1 is 0.600 bits per heavy atom. The lowest BCUT2D eigenvalue weighted by Gasteiger charge is -2.14. The zero-order valence-electron chi connectivity index (χ0n) is 20.0. The summed E-state index contributed by atoms with van der Waals surface area (Å²) in [6.45, 7) is 5.42. The molecule has 2 aromatic carbocycles. The largest absolute Gasteiger partial charge is 0.487 e. The maximum atomic E-state index is 12.6. The van der Waals surface area contributed by atoms with Crippen molar-refractivity contribution in [1.82, 2.24) is 0 Å². The van der Waals surface area contributed by atoms with Crippen molar-refractivity contribution >= 4 is 5.97 Å². The topological polar surface area (TPSA) is 90.9 Å². The standard InChI is InChI=1S/C26H34O9/c27-26(35-21-22-4-2-1-3-5-22)23-6-7-24-25(20-23)34-19-17-32-15-13-30-11-9-28-8-10-29-12-14-31-16-18-33-24/h1-7,20H,8-19,21H2. The fraction of sp³-hybridized carbons (Fsp3) is 0.500. The SMILES string of the molecule is O=C(OCc1ccccc1)c1ccc2c(c1)OCCOCCOCCOCCOCCOCCO2. The third-order valence-corrected chi connectivity index (χ3v) is 4.85. The van der Waals surface area contributed by atoms with Crippen molar-refractivity contribution in [2.24, 2.45) is 0 Å². The molecular weight excluding hydrogens is 456 g/mol. The zero-order valence-corrected chi connectivity index (χ0v) is 20.0. The third kappa shape index (κ3) is 11.1. The lowest BCUT2D eigenvalue weighted by Crippen LogP contribution is -2.14. The lowest BCUT2D eigenvalue weighted by atomic mass is 10.2. The van der Waals surface area contributed by atoms with E-state index in [4.69, 9.17) is 37.9 Å². The number of esters is 1. The van der Waals surface area contributed by atoms with E-state index in [0.29, 0.717) is 89.7 Å². The number of hydrogen-bond acceptors (Lipinski definition) is 9. The molecule has 3 rings (SSSR count). The van der Waals surface area contributed by atoms with Crippen molar-refractivity contribution in [1.29, 1.82) is 0 Å². The number of rotatable bonds is 3. The van der Waals surface area contributed by atoms with Crippen molar-refractivity contribution in [3.63, 3.8) is 0 Å². The first-order valence-electron chi connectivity index (χ1n) is 11.8. The molecule has 1 heterocycles. The average Bonchev–Trinajstić information content (AvgIpc) is 2.89. The summed E-state index contributed by atoms with van der Waals surface area (Å²) in [5.74, 6) is 0.504. The average molecular weight is 491 g/mol. The van der Waals surface area contributed by atoms with Gasteiger partial charge >= 0.3 is 5.97 Å². The lowest BCUT2D eigenvalue weighted by molar-refractivity contribution is -0.0134. The molecule has 0 bridgehead atoms. The van der Waals surface area contributed by atoms with Crippen LogP contribution in [0.15, 0.2) is 48.5 Å². The van der Waals surface area contributed by atoms with Crippen LogP contribution in [0.4, 0.5) is 0 Å². The van der Waals surface area contributed by atoms with Gasteiger partial charge in [0, 0.05) is 0 Å². The highest BCUT2D eigenvalue weighted by atomic mass is 16.6. The fourth-order valence-electron chi connectivity index (χ4n) is 3.08. The number of hydrogen-bond donors (Lipinski definition) is 0. The maximum absolute atomic E-state index is 12.6. The molecule has 9 nitrogen and oxygen atoms in total. The highest BCUT2D eigenvalue weighted by Gasteiger charge is 2.14. The summed E-state index contributed by atoms with van der Waals surface area (Å²) in [5, 5.41) is 0. The number of carbonyl (C=O) groups excluding carboxylic acids is 1. The van der Waals surface area contributed by atoms with Crippen molar-refractivity contribution in [2.75, 3.05) is 79.3 Å². The second-order valence-electron chi connectivity index (χ2n) is 7.48. The molecule has 0 amide bonds. The molecule has 0 saturated heterocycles. The van der Waals surface area contributed by atoms with Crippen molar-refractivity contribution in [3.05, 3.63) is 59.7 Å². The number of fused-ring (bicyclic) bond motifs is 1. The first-order valence-corrected chi connectivity index (χ1v) is 11.8. The normalized spacial score (nSPS) is 17.6. The van der Waals surface area contributed by atoms with Gasteiger partial charge < -0.3 is 37.9 Å². The predicted molar refractivity (Wildman–Crippen MR) is 127 cm³/mol. The van der Waals surface area contributed by atoms with E-state index < -0.39 is 5.97 Å². The Kier molecular flexibility index (Phi) is 13.0. The molecule has 1 aliphatic rings. The molecule has 0 atom stereocenters. The van der Waals surface area contributed by atoms with E-state index in [1.54, 1.807) is 18.2 Å². The first-order chi connectivity index (χ1) is 17.3. The van der Waals surface area contributed by atoms with E-state index in [1.807, 2.05) is 30.3 Å². The van der Waals surface area contributed by atoms with Crippen LogP contribution >= 0.6 is 0 Å². The van der Waals surface area contributed by atoms with Gasteiger partial charge in [-0.25, -0.2) is 4.79 Å². The minimum Gasteiger partial charge on any atom is -0.487 e. The minimum atomic E-state index is -0.441. The molecule has 35 heavy (non-hydrogen) atoms. The number of ether oxygens (including phenoxy) is 8. The van der Waals surface area contributed by atoms with Crippen LogP contribution in [-0.2, 0) is 35.0 Å². The van der Waals surface area contributed by atoms with Gasteiger partial charge in [0.1, 0.15) is 19.8 Å². The van der Waals surface area contributed by atoms with Crippen LogP contribution in [0.25, 0.3) is 0 Å². The third-order valence-electron chi connectivity index (χ3n) is 4.85. The Labute approximate surface area is 206 Å². The van der Waals surface area contributed by atoms with E-state index in [2.05, 4.69) is 0 Å². The molecule has 0 saturated carbocycles. The van der Waals surface area contributed by atoms with E-state index in [1.165, 1.54) is 0 Å². The summed E-state index contributed by atoms with van der Waals surface area (Å²) in [6.07, 6.45) is 0. The molecule has 0 spiro atoms. The van der Waals surface area contributed by atoms with E-state index in [9.17, 15) is 4.79 Å². The molecular formula is C26H34O9. The summed E-state index contributed by atoms with van der Waals surface area (Å²) in [4.78, 5) is 12.6. The minimum absolute atomic E-state index is 0.192. The van der Waals surface area contributed by atoms with Gasteiger partial charge in [0.2, 0.25) is 0 Å². The highest BCUT2D eigenvalue weighted by molar-refractivity contribution is 5.90. The molecule has 0 unspecified atom stereocenters. The Morgan fingerprint density at radius 3 is 1.63 bits per heavy atom. The van der Waals surface area contributed by atoms with E-state index in [0.717, 1.165) is 5.56 Å². The smallest absolute Gasteiger partial charge is 0.338 e. The Bertz CT molecular complexity index is 844. The van der Waals surface area contributed by atoms with Crippen LogP contribution < -0.4 is 9.47 Å². The number of carbonyl (C=O) groups is 1. The van der Waals surface area contributed by atoms with Crippen molar-refractivity contribution in [2.45, 2.75) is 6.61 Å². The van der Waals surface area contributed by atoms with Gasteiger partial charge in [-0.05, 0) is 23.8 Å². The van der Waals surface area contributed by atoms with Crippen LogP contribution in [0.3, 0.4) is 0 Å². The molecule has 192 valence electrons.